The zero-order chi connectivity index (χ0) is 17.9. The number of hydrogen-bond donors (Lipinski definition) is 6. The van der Waals surface area contributed by atoms with Crippen LogP contribution in [0.3, 0.4) is 0 Å². The zero-order valence-electron chi connectivity index (χ0n) is 12.2. The second kappa shape index (κ2) is 11.6. The molecule has 22 heavy (non-hydrogen) atoms. The van der Waals surface area contributed by atoms with Gasteiger partial charge in [0.15, 0.2) is 13.5 Å². The molecular weight excluding hydrogens is 338 g/mol. The number of carboxylic acids is 2. The minimum atomic E-state index is -3.10. The molecule has 0 aliphatic heterocycles. The predicted octanol–water partition coefficient (Wildman–Crippen LogP) is -0.746. The summed E-state index contributed by atoms with van der Waals surface area (Å²) < 4.78 is 21.2. The number of nitrogens with two attached hydrogens (primary N) is 2. The van der Waals surface area contributed by atoms with Crippen LogP contribution < -0.4 is 11.5 Å². The van der Waals surface area contributed by atoms with E-state index in [9.17, 15) is 18.7 Å². The molecule has 0 heterocycles. The lowest BCUT2D eigenvalue weighted by Gasteiger charge is -2.07. The molecule has 0 amide bonds. The van der Waals surface area contributed by atoms with Crippen molar-refractivity contribution in [3.63, 3.8) is 0 Å². The van der Waals surface area contributed by atoms with Crippen LogP contribution >= 0.6 is 15.2 Å². The van der Waals surface area contributed by atoms with Crippen molar-refractivity contribution >= 4 is 27.1 Å². The molecule has 8 N–H and O–H groups in total. The molecule has 0 bridgehead atoms. The Labute approximate surface area is 128 Å². The maximum atomic E-state index is 10.6. The van der Waals surface area contributed by atoms with Gasteiger partial charge in [-0.15, -0.1) is 0 Å². The fraction of sp³-hybridized carbons (Fsp3) is 0.800. The molecule has 0 radical (unpaired) electrons. The molecule has 0 aromatic carbocycles. The molecule has 0 aromatic heterocycles. The summed E-state index contributed by atoms with van der Waals surface area (Å²) in [6, 6.07) is -2.00. The van der Waals surface area contributed by atoms with Gasteiger partial charge in [-0.05, 0) is 6.42 Å². The van der Waals surface area contributed by atoms with Gasteiger partial charge in [0, 0.05) is 19.2 Å². The van der Waals surface area contributed by atoms with Crippen LogP contribution in [-0.2, 0) is 18.7 Å². The molecule has 0 aromatic rings. The molecule has 0 rings (SSSR count). The first-order chi connectivity index (χ1) is 9.90. The van der Waals surface area contributed by atoms with Gasteiger partial charge < -0.3 is 31.7 Å². The van der Waals surface area contributed by atoms with E-state index in [2.05, 4.69) is 0 Å². The van der Waals surface area contributed by atoms with Crippen LogP contribution in [0.5, 0.6) is 0 Å². The summed E-state index contributed by atoms with van der Waals surface area (Å²) in [6.45, 7) is 1.18. The minimum Gasteiger partial charge on any atom is -0.480 e. The fourth-order valence-corrected chi connectivity index (χ4v) is 2.44. The quantitative estimate of drug-likeness (QED) is 0.284. The van der Waals surface area contributed by atoms with Crippen LogP contribution in [0.1, 0.15) is 12.8 Å². The largest absolute Gasteiger partial charge is 0.480 e. The monoisotopic (exact) mass is 361 g/mol. The van der Waals surface area contributed by atoms with Crippen LogP contribution in [-0.4, -0.2) is 69.6 Å². The van der Waals surface area contributed by atoms with Crippen molar-refractivity contribution in [2.75, 3.05) is 25.3 Å². The van der Waals surface area contributed by atoms with Gasteiger partial charge in [0.2, 0.25) is 6.35 Å². The maximum absolute atomic E-state index is 10.6. The van der Waals surface area contributed by atoms with E-state index in [-0.39, 0.29) is 25.2 Å². The summed E-state index contributed by atoms with van der Waals surface area (Å²) in [5.41, 5.74) is 10.2. The van der Waals surface area contributed by atoms with Gasteiger partial charge in [0.1, 0.15) is 12.1 Å². The van der Waals surface area contributed by atoms with Gasteiger partial charge in [-0.3, -0.25) is 14.2 Å². The third-order valence-corrected chi connectivity index (χ3v) is 4.50. The van der Waals surface area contributed by atoms with Gasteiger partial charge in [0.05, 0.1) is 0 Å². The predicted molar refractivity (Wildman–Crippen MR) is 80.6 cm³/mol. The van der Waals surface area contributed by atoms with E-state index >= 15 is 0 Å². The van der Waals surface area contributed by atoms with Crippen molar-refractivity contribution in [3.05, 3.63) is 0 Å². The normalized spacial score (nSPS) is 16.5. The fourth-order valence-electron chi connectivity index (χ4n) is 0.979. The van der Waals surface area contributed by atoms with Crippen molar-refractivity contribution in [1.82, 2.24) is 0 Å². The Bertz CT molecular complexity index is 425. The summed E-state index contributed by atoms with van der Waals surface area (Å²) in [7, 11) is -4.78. The zero-order valence-corrected chi connectivity index (χ0v) is 14.0. The molecule has 0 saturated carbocycles. The first kappa shape index (κ1) is 23.4. The Morgan fingerprint density at radius 2 is 1.55 bits per heavy atom. The number of rotatable bonds is 9. The number of hydrogen-bond acceptors (Lipinski definition) is 7. The van der Waals surface area contributed by atoms with E-state index in [1.165, 1.54) is 6.66 Å². The van der Waals surface area contributed by atoms with Crippen LogP contribution in [0.2, 0.25) is 0 Å². The molecule has 4 atom stereocenters. The highest BCUT2D eigenvalue weighted by molar-refractivity contribution is 7.57. The molecule has 4 unspecified atom stereocenters. The van der Waals surface area contributed by atoms with Gasteiger partial charge in [0.25, 0.3) is 0 Å². The first-order valence-corrected chi connectivity index (χ1v) is 10.1. The van der Waals surface area contributed by atoms with Crippen LogP contribution in [0, 0.1) is 0 Å². The number of carboxylic acid groups (broad SMARTS) is 2. The SMILES string of the molecule is CP(=O)(O)CCC(N)C(=O)O.NC(CC[P+](=O)CO)C(=O)O. The van der Waals surface area contributed by atoms with Gasteiger partial charge in [-0.25, -0.2) is 0 Å². The van der Waals surface area contributed by atoms with Crippen molar-refractivity contribution < 1.29 is 38.9 Å². The number of aliphatic hydroxyl groups is 1. The lowest BCUT2D eigenvalue weighted by molar-refractivity contribution is -0.139. The standard InChI is InChI=1S/C5H12NO4P.C5H10NO4P/c1-11(9,10)3-2-4(6)5(7)8;6-4(5(8)9)1-2-11(10)3-7/h4H,2-3,6H2,1H3,(H,7,8)(H,9,10);4,7H,1-3,6H2/p+1. The number of aliphatic hydroxyl groups excluding tert-OH is 1. The average Bonchev–Trinajstić information content (AvgIpc) is 2.41. The smallest absolute Gasteiger partial charge is 0.366 e. The summed E-state index contributed by atoms with van der Waals surface area (Å²) in [4.78, 5) is 29.0. The highest BCUT2D eigenvalue weighted by Gasteiger charge is 2.19. The number of carbonyl (C=O) groups is 2. The molecule has 0 aliphatic carbocycles. The Balaban J connectivity index is 0. The molecule has 130 valence electrons. The molecule has 0 aliphatic rings. The molecule has 12 heteroatoms. The van der Waals surface area contributed by atoms with Gasteiger partial charge in [-0.2, -0.15) is 0 Å². The third kappa shape index (κ3) is 15.5. The Morgan fingerprint density at radius 1 is 1.14 bits per heavy atom. The minimum absolute atomic E-state index is 0.0412. The lowest BCUT2D eigenvalue weighted by atomic mass is 10.2. The second-order valence-corrected chi connectivity index (χ2v) is 8.83. The molecule has 0 saturated heterocycles. The summed E-state index contributed by atoms with van der Waals surface area (Å²) in [5, 5.41) is 24.9. The first-order valence-electron chi connectivity index (χ1n) is 6.19. The molecule has 10 nitrogen and oxygen atoms in total. The van der Waals surface area contributed by atoms with E-state index in [0.29, 0.717) is 0 Å². The Kier molecular flexibility index (Phi) is 12.4. The van der Waals surface area contributed by atoms with E-state index in [1.54, 1.807) is 0 Å². The van der Waals surface area contributed by atoms with Gasteiger partial charge >= 0.3 is 19.7 Å². The number of aliphatic carboxylic acids is 2. The summed E-state index contributed by atoms with van der Waals surface area (Å²) in [5.74, 6) is -2.25. The Morgan fingerprint density at radius 3 is 1.86 bits per heavy atom. The van der Waals surface area contributed by atoms with Crippen molar-refractivity contribution in [3.8, 4) is 0 Å². The lowest BCUT2D eigenvalue weighted by Crippen LogP contribution is -2.30. The van der Waals surface area contributed by atoms with Crippen molar-refractivity contribution in [1.29, 1.82) is 0 Å². The molecular formula is C10H23N2O8P2+. The van der Waals surface area contributed by atoms with E-state index in [0.717, 1.165) is 0 Å². The van der Waals surface area contributed by atoms with Crippen LogP contribution in [0.4, 0.5) is 0 Å². The second-order valence-electron chi connectivity index (χ2n) is 4.59. The summed E-state index contributed by atoms with van der Waals surface area (Å²) in [6.07, 6.45) is -0.0911. The van der Waals surface area contributed by atoms with Gasteiger partial charge in [-0.1, -0.05) is 4.57 Å². The molecule has 0 spiro atoms. The van der Waals surface area contributed by atoms with Crippen LogP contribution in [0.25, 0.3) is 0 Å². The van der Waals surface area contributed by atoms with E-state index < -0.39 is 45.5 Å². The average molecular weight is 361 g/mol. The van der Waals surface area contributed by atoms with Crippen molar-refractivity contribution in [2.45, 2.75) is 24.9 Å². The summed E-state index contributed by atoms with van der Waals surface area (Å²) >= 11 is 0. The topological polar surface area (TPSA) is 201 Å². The highest BCUT2D eigenvalue weighted by Crippen LogP contribution is 2.35. The molecule has 0 fully saturated rings. The maximum Gasteiger partial charge on any atom is 0.366 e. The van der Waals surface area contributed by atoms with E-state index in [1.807, 2.05) is 0 Å². The van der Waals surface area contributed by atoms with E-state index in [4.69, 9.17) is 31.7 Å². The Hall–Kier alpha value is -0.890. The highest BCUT2D eigenvalue weighted by atomic mass is 31.2. The third-order valence-electron chi connectivity index (χ3n) is 2.34. The van der Waals surface area contributed by atoms with Crippen LogP contribution in [0.15, 0.2) is 0 Å². The van der Waals surface area contributed by atoms with Crippen molar-refractivity contribution in [2.24, 2.45) is 11.5 Å².